The van der Waals surface area contributed by atoms with E-state index in [2.05, 4.69) is 4.99 Å². The number of aliphatic imine (C=N–C) groups is 1. The number of carbonyl (C=O) groups is 1. The number of rotatable bonds is 6. The molecule has 1 aliphatic heterocycles. The van der Waals surface area contributed by atoms with Crippen LogP contribution in [-0.2, 0) is 16.0 Å². The Balaban J connectivity index is 1.65. The number of esters is 1. The number of hydrogen-bond donors (Lipinski definition) is 2. The Labute approximate surface area is 175 Å². The Hall–Kier alpha value is -2.57. The summed E-state index contributed by atoms with van der Waals surface area (Å²) >= 11 is 6.03. The van der Waals surface area contributed by atoms with Gasteiger partial charge in [0, 0.05) is 5.02 Å². The van der Waals surface area contributed by atoms with E-state index < -0.39 is 17.6 Å². The zero-order chi connectivity index (χ0) is 21.2. The van der Waals surface area contributed by atoms with Crippen LogP contribution < -0.4 is 16.2 Å². The van der Waals surface area contributed by atoms with Gasteiger partial charge in [0.05, 0.1) is 0 Å². The zero-order valence-electron chi connectivity index (χ0n) is 16.8. The van der Waals surface area contributed by atoms with E-state index >= 15 is 0 Å². The van der Waals surface area contributed by atoms with Crippen LogP contribution in [0.25, 0.3) is 0 Å². The molecule has 0 saturated carbocycles. The summed E-state index contributed by atoms with van der Waals surface area (Å²) in [6.07, 6.45) is 1.09. The molecule has 0 spiro atoms. The van der Waals surface area contributed by atoms with E-state index in [9.17, 15) is 4.79 Å². The number of halogens is 1. The van der Waals surface area contributed by atoms with Crippen LogP contribution in [0.3, 0.4) is 0 Å². The minimum atomic E-state index is -0.929. The second kappa shape index (κ2) is 8.43. The van der Waals surface area contributed by atoms with Gasteiger partial charge in [0.15, 0.2) is 6.10 Å². The number of ether oxygens (including phenoxy) is 2. The van der Waals surface area contributed by atoms with Crippen molar-refractivity contribution in [3.05, 3.63) is 58.6 Å². The van der Waals surface area contributed by atoms with Gasteiger partial charge in [-0.3, -0.25) is 0 Å². The van der Waals surface area contributed by atoms with E-state index in [1.54, 1.807) is 18.2 Å². The summed E-state index contributed by atoms with van der Waals surface area (Å²) < 4.78 is 11.4. The summed E-state index contributed by atoms with van der Waals surface area (Å²) in [5.74, 6) is 0.494. The molecule has 0 aliphatic carbocycles. The van der Waals surface area contributed by atoms with Gasteiger partial charge >= 0.3 is 5.97 Å². The van der Waals surface area contributed by atoms with Crippen molar-refractivity contribution in [1.82, 2.24) is 0 Å². The van der Waals surface area contributed by atoms with Crippen molar-refractivity contribution in [2.45, 2.75) is 51.4 Å². The zero-order valence-corrected chi connectivity index (χ0v) is 17.6. The molecule has 1 aliphatic rings. The molecule has 29 heavy (non-hydrogen) atoms. The molecule has 0 amide bonds. The number of hydrogen-bond acceptors (Lipinski definition) is 6. The molecule has 2 atom stereocenters. The average Bonchev–Trinajstić information content (AvgIpc) is 2.66. The first-order valence-corrected chi connectivity index (χ1v) is 9.90. The third kappa shape index (κ3) is 5.28. The molecule has 3 rings (SSSR count). The van der Waals surface area contributed by atoms with Crippen LogP contribution in [0.2, 0.25) is 5.02 Å². The van der Waals surface area contributed by atoms with E-state index in [0.29, 0.717) is 34.3 Å². The topological polar surface area (TPSA) is 99.9 Å². The van der Waals surface area contributed by atoms with Crippen LogP contribution in [0, 0.1) is 0 Å². The molecule has 6 nitrogen and oxygen atoms in total. The fourth-order valence-electron chi connectivity index (χ4n) is 3.06. The molecular formula is C22H26ClN3O3. The minimum Gasteiger partial charge on any atom is -0.481 e. The molecule has 1 heterocycles. The van der Waals surface area contributed by atoms with Crippen LogP contribution in [-0.4, -0.2) is 23.5 Å². The van der Waals surface area contributed by atoms with Gasteiger partial charge in [-0.2, -0.15) is 0 Å². The summed E-state index contributed by atoms with van der Waals surface area (Å²) in [6, 6.07) is 11.9. The Morgan fingerprint density at radius 1 is 1.31 bits per heavy atom. The van der Waals surface area contributed by atoms with E-state index in [1.165, 1.54) is 0 Å². The predicted octanol–water partition coefficient (Wildman–Crippen LogP) is 4.06. The molecular weight excluding hydrogens is 390 g/mol. The third-order valence-corrected chi connectivity index (χ3v) is 5.08. The van der Waals surface area contributed by atoms with Crippen molar-refractivity contribution >= 4 is 29.1 Å². The van der Waals surface area contributed by atoms with E-state index in [0.717, 1.165) is 12.0 Å². The van der Waals surface area contributed by atoms with Gasteiger partial charge in [0.2, 0.25) is 0 Å². The lowest BCUT2D eigenvalue weighted by Gasteiger charge is -2.27. The first-order valence-electron chi connectivity index (χ1n) is 9.52. The van der Waals surface area contributed by atoms with Gasteiger partial charge < -0.3 is 20.9 Å². The van der Waals surface area contributed by atoms with E-state index in [1.807, 2.05) is 45.0 Å². The molecule has 0 saturated heterocycles. The largest absolute Gasteiger partial charge is 0.481 e. The predicted molar refractivity (Wildman–Crippen MR) is 115 cm³/mol. The third-order valence-electron chi connectivity index (χ3n) is 4.85. The second-order valence-corrected chi connectivity index (χ2v) is 8.25. The Morgan fingerprint density at radius 2 is 2.07 bits per heavy atom. The van der Waals surface area contributed by atoms with Crippen molar-refractivity contribution in [2.24, 2.45) is 16.5 Å². The second-order valence-electron chi connectivity index (χ2n) is 7.81. The van der Waals surface area contributed by atoms with Crippen molar-refractivity contribution < 1.29 is 14.3 Å². The van der Waals surface area contributed by atoms with Gasteiger partial charge in [-0.1, -0.05) is 29.8 Å². The monoisotopic (exact) mass is 415 g/mol. The molecule has 7 heteroatoms. The summed E-state index contributed by atoms with van der Waals surface area (Å²) in [7, 11) is 0. The Morgan fingerprint density at radius 3 is 2.79 bits per heavy atom. The number of nitrogens with zero attached hydrogens (tertiary/aromatic N) is 1. The lowest BCUT2D eigenvalue weighted by atomic mass is 9.98. The number of nitrogens with two attached hydrogens (primary N) is 2. The maximum atomic E-state index is 12.6. The molecule has 0 bridgehead atoms. The molecule has 0 aromatic heterocycles. The number of carbonyl (C=O) groups excluding carboxylic acids is 1. The Kier molecular flexibility index (Phi) is 6.15. The number of amidine groups is 1. The quantitative estimate of drug-likeness (QED) is 0.693. The van der Waals surface area contributed by atoms with Crippen molar-refractivity contribution in [2.75, 3.05) is 0 Å². The highest BCUT2D eigenvalue weighted by Crippen LogP contribution is 2.34. The van der Waals surface area contributed by atoms with Crippen LogP contribution in [0.4, 0.5) is 5.69 Å². The smallest absolute Gasteiger partial charge is 0.328 e. The lowest BCUT2D eigenvalue weighted by Crippen LogP contribution is -2.34. The van der Waals surface area contributed by atoms with Gasteiger partial charge in [-0.15, -0.1) is 0 Å². The minimum absolute atomic E-state index is 0.285. The highest BCUT2D eigenvalue weighted by atomic mass is 35.5. The average molecular weight is 416 g/mol. The molecule has 2 unspecified atom stereocenters. The SMILES string of the molecule is CC1Oc2ccc(C(N)C(=O)OC(C)(C)CCc3cccc(Cl)c3)cc2N=C1N. The van der Waals surface area contributed by atoms with Crippen LogP contribution in [0.1, 0.15) is 44.4 Å². The van der Waals surface area contributed by atoms with Crippen molar-refractivity contribution in [3.63, 3.8) is 0 Å². The fraction of sp³-hybridized carbons (Fsp3) is 0.364. The summed E-state index contributed by atoms with van der Waals surface area (Å²) in [5, 5.41) is 0.688. The van der Waals surface area contributed by atoms with Gasteiger partial charge in [-0.05, 0) is 69.0 Å². The number of fused-ring (bicyclic) bond motifs is 1. The molecule has 0 radical (unpaired) electrons. The fourth-order valence-corrected chi connectivity index (χ4v) is 3.27. The van der Waals surface area contributed by atoms with E-state index in [-0.39, 0.29) is 6.10 Å². The van der Waals surface area contributed by atoms with E-state index in [4.69, 9.17) is 32.5 Å². The maximum Gasteiger partial charge on any atom is 0.328 e. The number of aryl methyl sites for hydroxylation is 1. The molecule has 4 N–H and O–H groups in total. The first-order chi connectivity index (χ1) is 13.6. The summed E-state index contributed by atoms with van der Waals surface area (Å²) in [5.41, 5.74) is 13.6. The van der Waals surface area contributed by atoms with Crippen LogP contribution in [0.15, 0.2) is 47.5 Å². The molecule has 2 aromatic carbocycles. The van der Waals surface area contributed by atoms with Crippen LogP contribution in [0.5, 0.6) is 5.75 Å². The lowest BCUT2D eigenvalue weighted by molar-refractivity contribution is -0.158. The van der Waals surface area contributed by atoms with Crippen LogP contribution >= 0.6 is 11.6 Å². The molecule has 2 aromatic rings. The highest BCUT2D eigenvalue weighted by molar-refractivity contribution is 6.30. The first kappa shape index (κ1) is 21.1. The Bertz CT molecular complexity index is 943. The highest BCUT2D eigenvalue weighted by Gasteiger charge is 2.28. The standard InChI is InChI=1S/C22H26ClN3O3/c1-13-20(25)26-17-12-15(7-8-18(17)28-13)19(24)21(27)29-22(2,3)10-9-14-5-4-6-16(23)11-14/h4-8,11-13,19H,9-10,24H2,1-3H3,(H2,25,26). The van der Waals surface area contributed by atoms with Gasteiger partial charge in [0.1, 0.15) is 28.9 Å². The molecule has 0 fully saturated rings. The van der Waals surface area contributed by atoms with Crippen molar-refractivity contribution in [1.29, 1.82) is 0 Å². The molecule has 154 valence electrons. The normalized spacial score (nSPS) is 17.0. The van der Waals surface area contributed by atoms with Crippen molar-refractivity contribution in [3.8, 4) is 5.75 Å². The summed E-state index contributed by atoms with van der Waals surface area (Å²) in [6.45, 7) is 5.56. The summed E-state index contributed by atoms with van der Waals surface area (Å²) in [4.78, 5) is 17.0. The maximum absolute atomic E-state index is 12.6. The number of benzene rings is 2. The van der Waals surface area contributed by atoms with Gasteiger partial charge in [-0.25, -0.2) is 9.79 Å². The van der Waals surface area contributed by atoms with Gasteiger partial charge in [0.25, 0.3) is 0 Å².